The first-order valence-electron chi connectivity index (χ1n) is 8.59. The summed E-state index contributed by atoms with van der Waals surface area (Å²) in [6, 6.07) is 17.3. The van der Waals surface area contributed by atoms with E-state index in [0.29, 0.717) is 13.2 Å². The van der Waals surface area contributed by atoms with Gasteiger partial charge in [-0.15, -0.1) is 0 Å². The fourth-order valence-electron chi connectivity index (χ4n) is 3.72. The van der Waals surface area contributed by atoms with Crippen molar-refractivity contribution in [3.63, 3.8) is 0 Å². The highest BCUT2D eigenvalue weighted by atomic mass is 16.5. The molecule has 2 aromatic carbocycles. The van der Waals surface area contributed by atoms with Crippen LogP contribution in [0.5, 0.6) is 0 Å². The number of ether oxygens (including phenoxy) is 2. The zero-order valence-electron chi connectivity index (χ0n) is 14.2. The highest BCUT2D eigenvalue weighted by Crippen LogP contribution is 2.49. The average molecular weight is 310 g/mol. The number of rotatable bonds is 8. The SMILES string of the molecule is CCCCCOCC1(COC)c2ccccc2-c2ccccc21. The van der Waals surface area contributed by atoms with Crippen LogP contribution in [-0.4, -0.2) is 26.9 Å². The molecular formula is C21H26O2. The monoisotopic (exact) mass is 310 g/mol. The molecule has 0 radical (unpaired) electrons. The molecule has 0 atom stereocenters. The van der Waals surface area contributed by atoms with Crippen LogP contribution < -0.4 is 0 Å². The Labute approximate surface area is 139 Å². The third-order valence-corrected chi connectivity index (χ3v) is 4.81. The molecule has 0 aliphatic heterocycles. The van der Waals surface area contributed by atoms with E-state index in [1.165, 1.54) is 35.1 Å². The van der Waals surface area contributed by atoms with E-state index >= 15 is 0 Å². The van der Waals surface area contributed by atoms with Gasteiger partial charge in [-0.1, -0.05) is 68.3 Å². The van der Waals surface area contributed by atoms with Crippen molar-refractivity contribution >= 4 is 0 Å². The summed E-state index contributed by atoms with van der Waals surface area (Å²) in [5.74, 6) is 0. The van der Waals surface area contributed by atoms with Gasteiger partial charge in [0.15, 0.2) is 0 Å². The number of hydrogen-bond donors (Lipinski definition) is 0. The van der Waals surface area contributed by atoms with E-state index in [1.807, 2.05) is 0 Å². The molecule has 2 nitrogen and oxygen atoms in total. The Morgan fingerprint density at radius 2 is 1.43 bits per heavy atom. The van der Waals surface area contributed by atoms with Crippen LogP contribution in [0.2, 0.25) is 0 Å². The molecule has 0 saturated heterocycles. The first kappa shape index (κ1) is 16.2. The summed E-state index contributed by atoms with van der Waals surface area (Å²) in [4.78, 5) is 0. The van der Waals surface area contributed by atoms with Crippen LogP contribution in [-0.2, 0) is 14.9 Å². The number of benzene rings is 2. The van der Waals surface area contributed by atoms with E-state index in [1.54, 1.807) is 7.11 Å². The normalized spacial score (nSPS) is 14.5. The molecule has 122 valence electrons. The minimum atomic E-state index is -0.186. The quantitative estimate of drug-likeness (QED) is 0.652. The molecule has 1 aliphatic rings. The molecular weight excluding hydrogens is 284 g/mol. The van der Waals surface area contributed by atoms with Crippen molar-refractivity contribution in [1.29, 1.82) is 0 Å². The van der Waals surface area contributed by atoms with Crippen LogP contribution in [0.4, 0.5) is 0 Å². The number of unbranched alkanes of at least 4 members (excludes halogenated alkanes) is 2. The maximum absolute atomic E-state index is 6.11. The lowest BCUT2D eigenvalue weighted by molar-refractivity contribution is 0.0530. The standard InChI is InChI=1S/C21H26O2/c1-3-4-9-14-23-16-21(15-22-2)19-12-7-5-10-17(19)18-11-6-8-13-20(18)21/h5-8,10-13H,3-4,9,14-16H2,1-2H3. The first-order chi connectivity index (χ1) is 11.3. The molecule has 0 unspecified atom stereocenters. The van der Waals surface area contributed by atoms with Gasteiger partial charge in [0.25, 0.3) is 0 Å². The third-order valence-electron chi connectivity index (χ3n) is 4.81. The molecule has 0 amide bonds. The van der Waals surface area contributed by atoms with Gasteiger partial charge in [-0.05, 0) is 28.7 Å². The van der Waals surface area contributed by atoms with Gasteiger partial charge in [0.1, 0.15) is 0 Å². The molecule has 0 N–H and O–H groups in total. The van der Waals surface area contributed by atoms with Crippen LogP contribution in [0.1, 0.15) is 37.3 Å². The van der Waals surface area contributed by atoms with E-state index < -0.39 is 0 Å². The Hall–Kier alpha value is -1.64. The van der Waals surface area contributed by atoms with Crippen molar-refractivity contribution in [3.05, 3.63) is 59.7 Å². The van der Waals surface area contributed by atoms with Gasteiger partial charge in [0.2, 0.25) is 0 Å². The van der Waals surface area contributed by atoms with Crippen molar-refractivity contribution in [1.82, 2.24) is 0 Å². The molecule has 0 saturated carbocycles. The Bertz CT molecular complexity index is 602. The second-order valence-electron chi connectivity index (χ2n) is 6.37. The van der Waals surface area contributed by atoms with E-state index in [2.05, 4.69) is 55.5 Å². The Morgan fingerprint density at radius 3 is 2.00 bits per heavy atom. The molecule has 0 aromatic heterocycles. The van der Waals surface area contributed by atoms with Crippen LogP contribution in [0.25, 0.3) is 11.1 Å². The van der Waals surface area contributed by atoms with Crippen molar-refractivity contribution in [3.8, 4) is 11.1 Å². The zero-order chi connectivity index (χ0) is 16.1. The van der Waals surface area contributed by atoms with Crippen LogP contribution >= 0.6 is 0 Å². The number of methoxy groups -OCH3 is 1. The van der Waals surface area contributed by atoms with Crippen molar-refractivity contribution in [2.45, 2.75) is 31.6 Å². The highest BCUT2D eigenvalue weighted by Gasteiger charge is 2.43. The van der Waals surface area contributed by atoms with Gasteiger partial charge >= 0.3 is 0 Å². The molecule has 23 heavy (non-hydrogen) atoms. The molecule has 3 rings (SSSR count). The second-order valence-corrected chi connectivity index (χ2v) is 6.37. The summed E-state index contributed by atoms with van der Waals surface area (Å²) in [6.07, 6.45) is 3.57. The van der Waals surface area contributed by atoms with E-state index in [0.717, 1.165) is 13.0 Å². The van der Waals surface area contributed by atoms with Gasteiger partial charge in [-0.3, -0.25) is 0 Å². The molecule has 2 heteroatoms. The molecule has 1 aliphatic carbocycles. The second kappa shape index (κ2) is 7.29. The van der Waals surface area contributed by atoms with Gasteiger partial charge in [-0.2, -0.15) is 0 Å². The summed E-state index contributed by atoms with van der Waals surface area (Å²) in [7, 11) is 1.78. The van der Waals surface area contributed by atoms with Gasteiger partial charge in [0.05, 0.1) is 18.6 Å². The maximum atomic E-state index is 6.11. The Balaban J connectivity index is 1.94. The van der Waals surface area contributed by atoms with Crippen molar-refractivity contribution in [2.75, 3.05) is 26.9 Å². The minimum absolute atomic E-state index is 0.186. The third kappa shape index (κ3) is 2.93. The first-order valence-corrected chi connectivity index (χ1v) is 8.59. The van der Waals surface area contributed by atoms with Gasteiger partial charge in [0, 0.05) is 13.7 Å². The molecule has 0 heterocycles. The summed E-state index contributed by atoms with van der Waals surface area (Å²) >= 11 is 0. The predicted molar refractivity (Wildman–Crippen MR) is 94.9 cm³/mol. The topological polar surface area (TPSA) is 18.5 Å². The van der Waals surface area contributed by atoms with Gasteiger partial charge < -0.3 is 9.47 Å². The van der Waals surface area contributed by atoms with Crippen molar-refractivity contribution in [2.24, 2.45) is 0 Å². The van der Waals surface area contributed by atoms with Crippen LogP contribution in [0.3, 0.4) is 0 Å². The predicted octanol–water partition coefficient (Wildman–Crippen LogP) is 4.81. The summed E-state index contributed by atoms with van der Waals surface area (Å²) in [5, 5.41) is 0. The maximum Gasteiger partial charge on any atom is 0.0681 e. The smallest absolute Gasteiger partial charge is 0.0681 e. The summed E-state index contributed by atoms with van der Waals surface area (Å²) in [6.45, 7) is 4.37. The Kier molecular flexibility index (Phi) is 5.14. The van der Waals surface area contributed by atoms with Crippen LogP contribution in [0, 0.1) is 0 Å². The lowest BCUT2D eigenvalue weighted by atomic mass is 9.79. The summed E-state index contributed by atoms with van der Waals surface area (Å²) in [5.41, 5.74) is 5.11. The summed E-state index contributed by atoms with van der Waals surface area (Å²) < 4.78 is 11.8. The molecule has 2 aromatic rings. The highest BCUT2D eigenvalue weighted by molar-refractivity contribution is 5.81. The molecule has 0 fully saturated rings. The van der Waals surface area contributed by atoms with Crippen molar-refractivity contribution < 1.29 is 9.47 Å². The largest absolute Gasteiger partial charge is 0.383 e. The fraction of sp³-hybridized carbons (Fsp3) is 0.429. The van der Waals surface area contributed by atoms with Gasteiger partial charge in [-0.25, -0.2) is 0 Å². The molecule has 0 bridgehead atoms. The van der Waals surface area contributed by atoms with E-state index in [-0.39, 0.29) is 5.41 Å². The lowest BCUT2D eigenvalue weighted by Crippen LogP contribution is -2.36. The lowest BCUT2D eigenvalue weighted by Gasteiger charge is -2.31. The number of fused-ring (bicyclic) bond motifs is 3. The zero-order valence-corrected chi connectivity index (χ0v) is 14.2. The average Bonchev–Trinajstić information content (AvgIpc) is 2.87. The van der Waals surface area contributed by atoms with E-state index in [4.69, 9.17) is 9.47 Å². The fourth-order valence-corrected chi connectivity index (χ4v) is 3.72. The Morgan fingerprint density at radius 1 is 0.826 bits per heavy atom. The minimum Gasteiger partial charge on any atom is -0.383 e. The number of hydrogen-bond acceptors (Lipinski definition) is 2. The van der Waals surface area contributed by atoms with E-state index in [9.17, 15) is 0 Å². The van der Waals surface area contributed by atoms with Crippen LogP contribution in [0.15, 0.2) is 48.5 Å². The molecule has 0 spiro atoms.